The van der Waals surface area contributed by atoms with E-state index in [0.29, 0.717) is 16.9 Å². The maximum atomic E-state index is 12.3. The van der Waals surface area contributed by atoms with Crippen LogP contribution in [0.15, 0.2) is 12.3 Å². The normalized spacial score (nSPS) is 16.4. The molecule has 0 aromatic carbocycles. The van der Waals surface area contributed by atoms with Crippen molar-refractivity contribution in [3.8, 4) is 0 Å². The Morgan fingerprint density at radius 2 is 2.00 bits per heavy atom. The van der Waals surface area contributed by atoms with Gasteiger partial charge in [-0.3, -0.25) is 14.6 Å². The first-order valence-corrected chi connectivity index (χ1v) is 7.31. The molecule has 6 heteroatoms. The Balaban J connectivity index is 2.01. The number of hydrogen-bond donors (Lipinski definition) is 2. The molecule has 114 valence electrons. The van der Waals surface area contributed by atoms with E-state index in [9.17, 15) is 9.59 Å². The molecule has 6 nitrogen and oxygen atoms in total. The predicted molar refractivity (Wildman–Crippen MR) is 80.7 cm³/mol. The van der Waals surface area contributed by atoms with E-state index in [0.717, 1.165) is 25.9 Å². The average Bonchev–Trinajstić information content (AvgIpc) is 2.49. The molecule has 1 unspecified atom stereocenters. The maximum absolute atomic E-state index is 12.3. The van der Waals surface area contributed by atoms with Crippen LogP contribution >= 0.6 is 0 Å². The van der Waals surface area contributed by atoms with Gasteiger partial charge in [-0.15, -0.1) is 0 Å². The monoisotopic (exact) mass is 290 g/mol. The molecule has 1 aromatic heterocycles. The summed E-state index contributed by atoms with van der Waals surface area (Å²) in [6, 6.07) is 1.03. The Labute approximate surface area is 124 Å². The van der Waals surface area contributed by atoms with Crippen LogP contribution in [0.3, 0.4) is 0 Å². The van der Waals surface area contributed by atoms with Crippen molar-refractivity contribution in [3.05, 3.63) is 23.5 Å². The standard InChI is InChI=1S/C15H22N4O2/c1-10-13(8-12(16)9-17-10)14(20)18-11(2)15(21)19-6-4-3-5-7-19/h8-9,11H,3-7,16H2,1-2H3,(H,18,20). The van der Waals surface area contributed by atoms with E-state index in [1.165, 1.54) is 12.6 Å². The summed E-state index contributed by atoms with van der Waals surface area (Å²) in [4.78, 5) is 30.4. The topological polar surface area (TPSA) is 88.3 Å². The molecule has 21 heavy (non-hydrogen) atoms. The van der Waals surface area contributed by atoms with E-state index >= 15 is 0 Å². The van der Waals surface area contributed by atoms with Crippen LogP contribution in [-0.4, -0.2) is 40.8 Å². The first kappa shape index (κ1) is 15.3. The molecule has 1 aromatic rings. The summed E-state index contributed by atoms with van der Waals surface area (Å²) in [5.41, 5.74) is 7.09. The number of carbonyl (C=O) groups excluding carboxylic acids is 2. The third-order valence-corrected chi connectivity index (χ3v) is 3.74. The van der Waals surface area contributed by atoms with Gasteiger partial charge in [0.05, 0.1) is 23.1 Å². The summed E-state index contributed by atoms with van der Waals surface area (Å²) < 4.78 is 0. The van der Waals surface area contributed by atoms with E-state index in [1.54, 1.807) is 19.9 Å². The quantitative estimate of drug-likeness (QED) is 0.872. The lowest BCUT2D eigenvalue weighted by atomic mass is 10.1. The molecule has 1 aliphatic rings. The minimum absolute atomic E-state index is 0.0300. The van der Waals surface area contributed by atoms with Crippen molar-refractivity contribution in [3.63, 3.8) is 0 Å². The van der Waals surface area contributed by atoms with Crippen LogP contribution < -0.4 is 11.1 Å². The maximum Gasteiger partial charge on any atom is 0.253 e. The van der Waals surface area contributed by atoms with Crippen molar-refractivity contribution in [2.45, 2.75) is 39.2 Å². The molecule has 0 saturated carbocycles. The van der Waals surface area contributed by atoms with Crippen molar-refractivity contribution in [2.75, 3.05) is 18.8 Å². The number of nitrogens with zero attached hydrogens (tertiary/aromatic N) is 2. The molecule has 0 spiro atoms. The number of amides is 2. The van der Waals surface area contributed by atoms with Crippen LogP contribution in [-0.2, 0) is 4.79 Å². The first-order valence-electron chi connectivity index (χ1n) is 7.31. The number of rotatable bonds is 3. The number of aromatic nitrogens is 1. The fourth-order valence-electron chi connectivity index (χ4n) is 2.50. The first-order chi connectivity index (χ1) is 9.99. The van der Waals surface area contributed by atoms with Crippen molar-refractivity contribution in [1.29, 1.82) is 0 Å². The molecular weight excluding hydrogens is 268 g/mol. The highest BCUT2D eigenvalue weighted by atomic mass is 16.2. The number of piperidine rings is 1. The van der Waals surface area contributed by atoms with Gasteiger partial charge in [-0.2, -0.15) is 0 Å². The fourth-order valence-corrected chi connectivity index (χ4v) is 2.50. The highest BCUT2D eigenvalue weighted by molar-refractivity contribution is 5.98. The van der Waals surface area contributed by atoms with Crippen molar-refractivity contribution < 1.29 is 9.59 Å². The summed E-state index contributed by atoms with van der Waals surface area (Å²) in [7, 11) is 0. The highest BCUT2D eigenvalue weighted by Gasteiger charge is 2.24. The van der Waals surface area contributed by atoms with Gasteiger partial charge in [-0.25, -0.2) is 0 Å². The summed E-state index contributed by atoms with van der Waals surface area (Å²) in [6.07, 6.45) is 4.74. The Kier molecular flexibility index (Phi) is 4.77. The number of carbonyl (C=O) groups is 2. The molecule has 1 aliphatic heterocycles. The van der Waals surface area contributed by atoms with Gasteiger partial charge in [0, 0.05) is 13.1 Å². The average molecular weight is 290 g/mol. The second-order valence-electron chi connectivity index (χ2n) is 5.48. The number of nitrogen functional groups attached to an aromatic ring is 1. The molecule has 0 bridgehead atoms. The van der Waals surface area contributed by atoms with Gasteiger partial charge in [0.1, 0.15) is 6.04 Å². The zero-order valence-corrected chi connectivity index (χ0v) is 12.6. The van der Waals surface area contributed by atoms with Crippen LogP contribution in [0.25, 0.3) is 0 Å². The van der Waals surface area contributed by atoms with Gasteiger partial charge in [0.15, 0.2) is 0 Å². The Morgan fingerprint density at radius 3 is 2.67 bits per heavy atom. The summed E-state index contributed by atoms with van der Waals surface area (Å²) in [6.45, 7) is 5.01. The van der Waals surface area contributed by atoms with Gasteiger partial charge >= 0.3 is 0 Å². The minimum atomic E-state index is -0.545. The molecule has 2 heterocycles. The van der Waals surface area contributed by atoms with E-state index in [1.807, 2.05) is 4.90 Å². The zero-order chi connectivity index (χ0) is 15.4. The van der Waals surface area contributed by atoms with Crippen LogP contribution in [0.1, 0.15) is 42.2 Å². The zero-order valence-electron chi connectivity index (χ0n) is 12.6. The smallest absolute Gasteiger partial charge is 0.253 e. The number of nitrogens with one attached hydrogen (secondary N) is 1. The largest absolute Gasteiger partial charge is 0.397 e. The fraction of sp³-hybridized carbons (Fsp3) is 0.533. The van der Waals surface area contributed by atoms with Gasteiger partial charge in [-0.05, 0) is 39.2 Å². The molecule has 3 N–H and O–H groups in total. The van der Waals surface area contributed by atoms with Crippen molar-refractivity contribution >= 4 is 17.5 Å². The van der Waals surface area contributed by atoms with Crippen LogP contribution in [0, 0.1) is 6.92 Å². The van der Waals surface area contributed by atoms with Crippen molar-refractivity contribution in [2.24, 2.45) is 0 Å². The van der Waals surface area contributed by atoms with Gasteiger partial charge in [0.2, 0.25) is 5.91 Å². The third-order valence-electron chi connectivity index (χ3n) is 3.74. The predicted octanol–water partition coefficient (Wildman–Crippen LogP) is 1.10. The lowest BCUT2D eigenvalue weighted by Crippen LogP contribution is -2.48. The van der Waals surface area contributed by atoms with Crippen LogP contribution in [0.4, 0.5) is 5.69 Å². The number of anilines is 1. The Morgan fingerprint density at radius 1 is 1.33 bits per heavy atom. The second-order valence-corrected chi connectivity index (χ2v) is 5.48. The van der Waals surface area contributed by atoms with Gasteiger partial charge in [0.25, 0.3) is 5.91 Å². The van der Waals surface area contributed by atoms with E-state index in [4.69, 9.17) is 5.73 Å². The number of nitrogens with two attached hydrogens (primary N) is 1. The number of pyridine rings is 1. The summed E-state index contributed by atoms with van der Waals surface area (Å²) in [5, 5.41) is 2.74. The van der Waals surface area contributed by atoms with E-state index in [-0.39, 0.29) is 11.8 Å². The molecular formula is C15H22N4O2. The van der Waals surface area contributed by atoms with Crippen molar-refractivity contribution in [1.82, 2.24) is 15.2 Å². The van der Waals surface area contributed by atoms with E-state index < -0.39 is 6.04 Å². The van der Waals surface area contributed by atoms with Gasteiger partial charge < -0.3 is 16.0 Å². The molecule has 2 rings (SSSR count). The van der Waals surface area contributed by atoms with Gasteiger partial charge in [-0.1, -0.05) is 0 Å². The highest BCUT2D eigenvalue weighted by Crippen LogP contribution is 2.12. The Hall–Kier alpha value is -2.11. The SMILES string of the molecule is Cc1ncc(N)cc1C(=O)NC(C)C(=O)N1CCCCC1. The minimum Gasteiger partial charge on any atom is -0.397 e. The van der Waals surface area contributed by atoms with E-state index in [2.05, 4.69) is 10.3 Å². The summed E-state index contributed by atoms with van der Waals surface area (Å²) >= 11 is 0. The van der Waals surface area contributed by atoms with Crippen LogP contribution in [0.5, 0.6) is 0 Å². The number of aryl methyl sites for hydroxylation is 1. The molecule has 2 amide bonds. The molecule has 1 fully saturated rings. The third kappa shape index (κ3) is 3.71. The number of likely N-dealkylation sites (tertiary alicyclic amines) is 1. The Bertz CT molecular complexity index is 538. The molecule has 1 saturated heterocycles. The second kappa shape index (κ2) is 6.56. The molecule has 1 atom stereocenters. The summed E-state index contributed by atoms with van der Waals surface area (Å²) in [5.74, 6) is -0.345. The molecule has 0 radical (unpaired) electrons. The lowest BCUT2D eigenvalue weighted by molar-refractivity contribution is -0.133. The van der Waals surface area contributed by atoms with Crippen LogP contribution in [0.2, 0.25) is 0 Å². The number of hydrogen-bond acceptors (Lipinski definition) is 4. The molecule has 0 aliphatic carbocycles. The lowest BCUT2D eigenvalue weighted by Gasteiger charge is -2.29.